The monoisotopic (exact) mass is 447 g/mol. The maximum atomic E-state index is 9.82. The summed E-state index contributed by atoms with van der Waals surface area (Å²) in [7, 11) is 1.91. The molecule has 0 atom stereocenters. The first-order chi connectivity index (χ1) is 15.6. The van der Waals surface area contributed by atoms with Crippen LogP contribution in [0.1, 0.15) is 30.0 Å². The second-order valence-corrected chi connectivity index (χ2v) is 7.91. The van der Waals surface area contributed by atoms with Gasteiger partial charge >= 0.3 is 0 Å². The van der Waals surface area contributed by atoms with E-state index >= 15 is 0 Å². The van der Waals surface area contributed by atoms with Crippen LogP contribution in [0.2, 0.25) is 5.22 Å². The van der Waals surface area contributed by atoms with Crippen molar-refractivity contribution < 1.29 is 14.3 Å². The number of benzene rings is 3. The zero-order chi connectivity index (χ0) is 22.5. The first kappa shape index (κ1) is 22.0. The van der Waals surface area contributed by atoms with Crippen LogP contribution >= 0.6 is 11.6 Å². The molecular formula is C27H26ClNO3. The van der Waals surface area contributed by atoms with Crippen LogP contribution in [0.3, 0.4) is 0 Å². The Morgan fingerprint density at radius 1 is 0.938 bits per heavy atom. The van der Waals surface area contributed by atoms with E-state index in [0.29, 0.717) is 11.8 Å². The Hall–Kier alpha value is -3.21. The largest absolute Gasteiger partial charge is 0.508 e. The Morgan fingerprint density at radius 3 is 2.25 bits per heavy atom. The summed E-state index contributed by atoms with van der Waals surface area (Å²) in [6.45, 7) is 3.56. The molecule has 32 heavy (non-hydrogen) atoms. The third-order valence-corrected chi connectivity index (χ3v) is 5.60. The van der Waals surface area contributed by atoms with E-state index < -0.39 is 0 Å². The second kappa shape index (κ2) is 9.94. The van der Waals surface area contributed by atoms with Crippen molar-refractivity contribution >= 4 is 33.7 Å². The molecule has 0 aliphatic carbocycles. The number of fused-ring (bicyclic) bond motifs is 1. The quantitative estimate of drug-likeness (QED) is 0.231. The molecule has 0 unspecified atom stereocenters. The molecule has 4 nitrogen and oxygen atoms in total. The maximum absolute atomic E-state index is 9.82. The van der Waals surface area contributed by atoms with E-state index in [1.54, 1.807) is 12.1 Å². The lowest BCUT2D eigenvalue weighted by atomic mass is 9.88. The van der Waals surface area contributed by atoms with Gasteiger partial charge in [-0.15, -0.1) is 0 Å². The first-order valence-corrected chi connectivity index (χ1v) is 11.1. The minimum atomic E-state index is 0.244. The van der Waals surface area contributed by atoms with Crippen LogP contribution in [0, 0.1) is 0 Å². The molecule has 0 fully saturated rings. The number of nitrogens with one attached hydrogen (secondary N) is 1. The van der Waals surface area contributed by atoms with Crippen molar-refractivity contribution in [3.8, 4) is 11.5 Å². The fourth-order valence-corrected chi connectivity index (χ4v) is 4.06. The van der Waals surface area contributed by atoms with Gasteiger partial charge in [0.25, 0.3) is 0 Å². The lowest BCUT2D eigenvalue weighted by Gasteiger charge is -2.17. The Bertz CT molecular complexity index is 1220. The first-order valence-electron chi connectivity index (χ1n) is 10.7. The third kappa shape index (κ3) is 4.82. The van der Waals surface area contributed by atoms with Crippen molar-refractivity contribution in [2.24, 2.45) is 0 Å². The number of allylic oxidation sites excluding steroid dienone is 1. The fourth-order valence-electron chi connectivity index (χ4n) is 3.86. The highest BCUT2D eigenvalue weighted by atomic mass is 35.5. The average molecular weight is 448 g/mol. The molecule has 5 heteroatoms. The Morgan fingerprint density at radius 2 is 1.59 bits per heavy atom. The van der Waals surface area contributed by atoms with Gasteiger partial charge in [0.15, 0.2) is 5.22 Å². The fraction of sp³-hybridized carbons (Fsp3) is 0.185. The van der Waals surface area contributed by atoms with E-state index in [0.717, 1.165) is 51.9 Å². The molecule has 0 bridgehead atoms. The van der Waals surface area contributed by atoms with Gasteiger partial charge in [-0.2, -0.15) is 0 Å². The highest BCUT2D eigenvalue weighted by molar-refractivity contribution is 6.29. The summed E-state index contributed by atoms with van der Waals surface area (Å²) >= 11 is 6.06. The highest BCUT2D eigenvalue weighted by Crippen LogP contribution is 2.37. The van der Waals surface area contributed by atoms with E-state index in [4.69, 9.17) is 20.8 Å². The Balaban J connectivity index is 1.83. The number of aromatic hydroxyl groups is 1. The van der Waals surface area contributed by atoms with Gasteiger partial charge in [0.1, 0.15) is 23.7 Å². The van der Waals surface area contributed by atoms with Crippen molar-refractivity contribution in [1.82, 2.24) is 5.32 Å². The number of ether oxygens (including phenoxy) is 1. The van der Waals surface area contributed by atoms with Crippen LogP contribution in [0.4, 0.5) is 0 Å². The van der Waals surface area contributed by atoms with Gasteiger partial charge in [-0.3, -0.25) is 0 Å². The van der Waals surface area contributed by atoms with Gasteiger partial charge in [0.05, 0.1) is 0 Å². The van der Waals surface area contributed by atoms with E-state index in [1.807, 2.05) is 43.4 Å². The number of hydrogen-bond donors (Lipinski definition) is 2. The molecule has 4 rings (SSSR count). The van der Waals surface area contributed by atoms with Gasteiger partial charge in [0, 0.05) is 18.0 Å². The van der Waals surface area contributed by atoms with Crippen molar-refractivity contribution in [3.63, 3.8) is 0 Å². The van der Waals surface area contributed by atoms with Gasteiger partial charge in [0.2, 0.25) is 0 Å². The number of hydrogen-bond acceptors (Lipinski definition) is 4. The topological polar surface area (TPSA) is 54.6 Å². The predicted molar refractivity (Wildman–Crippen MR) is 131 cm³/mol. The molecule has 0 radical (unpaired) electrons. The lowest BCUT2D eigenvalue weighted by molar-refractivity contribution is 0.318. The summed E-state index contributed by atoms with van der Waals surface area (Å²) in [5, 5.41) is 14.3. The molecule has 0 saturated carbocycles. The highest BCUT2D eigenvalue weighted by Gasteiger charge is 2.15. The molecule has 4 aromatic rings. The molecule has 0 saturated heterocycles. The molecular weight excluding hydrogens is 422 g/mol. The molecule has 0 spiro atoms. The number of phenolic OH excluding ortho intramolecular Hbond substituents is 1. The zero-order valence-corrected chi connectivity index (χ0v) is 18.9. The van der Waals surface area contributed by atoms with Crippen LogP contribution in [0.15, 0.2) is 77.2 Å². The number of phenols is 1. The van der Waals surface area contributed by atoms with Gasteiger partial charge < -0.3 is 19.6 Å². The van der Waals surface area contributed by atoms with Crippen LogP contribution in [0.5, 0.6) is 11.5 Å². The molecule has 1 aromatic heterocycles. The predicted octanol–water partition coefficient (Wildman–Crippen LogP) is 6.76. The number of rotatable bonds is 8. The molecule has 2 N–H and O–H groups in total. The van der Waals surface area contributed by atoms with Gasteiger partial charge in [-0.05, 0) is 89.3 Å². The Labute approximate surface area is 193 Å². The number of halogens is 1. The van der Waals surface area contributed by atoms with Crippen LogP contribution in [0.25, 0.3) is 22.1 Å². The molecule has 0 aliphatic heterocycles. The van der Waals surface area contributed by atoms with Gasteiger partial charge in [-0.25, -0.2) is 0 Å². The molecule has 1 heterocycles. The normalized spacial score (nSPS) is 12.1. The Kier molecular flexibility index (Phi) is 6.84. The standard InChI is InChI=1S/C27H26ClNO3/c1-3-24(20-8-13-25-21(16-20)17-26(28)32-25)27(18-4-9-22(30)10-5-18)19-6-11-23(12-7-19)31-15-14-29-2/h4-13,16-17,29-30H,3,14-15H2,1-2H3/b27-24-. The molecule has 3 aromatic carbocycles. The summed E-state index contributed by atoms with van der Waals surface area (Å²) in [6.07, 6.45) is 0.827. The van der Waals surface area contributed by atoms with E-state index in [2.05, 4.69) is 36.5 Å². The number of likely N-dealkylation sites (N-methyl/N-ethyl adjacent to an activating group) is 1. The minimum Gasteiger partial charge on any atom is -0.508 e. The van der Waals surface area contributed by atoms with E-state index in [-0.39, 0.29) is 5.75 Å². The van der Waals surface area contributed by atoms with Crippen molar-refractivity contribution in [2.75, 3.05) is 20.2 Å². The minimum absolute atomic E-state index is 0.244. The number of furan rings is 1. The summed E-state index contributed by atoms with van der Waals surface area (Å²) in [5.74, 6) is 1.08. The smallest absolute Gasteiger partial charge is 0.194 e. The average Bonchev–Trinajstić information content (AvgIpc) is 3.18. The zero-order valence-electron chi connectivity index (χ0n) is 18.2. The summed E-state index contributed by atoms with van der Waals surface area (Å²) in [5.41, 5.74) is 6.30. The summed E-state index contributed by atoms with van der Waals surface area (Å²) < 4.78 is 11.3. The van der Waals surface area contributed by atoms with Gasteiger partial charge in [-0.1, -0.05) is 37.3 Å². The molecule has 164 valence electrons. The summed E-state index contributed by atoms with van der Waals surface area (Å²) in [4.78, 5) is 0. The second-order valence-electron chi connectivity index (χ2n) is 7.53. The van der Waals surface area contributed by atoms with Crippen molar-refractivity contribution in [3.05, 3.63) is 94.7 Å². The van der Waals surface area contributed by atoms with Crippen LogP contribution < -0.4 is 10.1 Å². The lowest BCUT2D eigenvalue weighted by Crippen LogP contribution is -2.15. The third-order valence-electron chi connectivity index (χ3n) is 5.41. The maximum Gasteiger partial charge on any atom is 0.194 e. The molecule has 0 aliphatic rings. The van der Waals surface area contributed by atoms with Crippen LogP contribution in [-0.4, -0.2) is 25.3 Å². The van der Waals surface area contributed by atoms with E-state index in [1.165, 1.54) is 5.57 Å². The summed E-state index contributed by atoms with van der Waals surface area (Å²) in [6, 6.07) is 23.5. The molecule has 0 amide bonds. The van der Waals surface area contributed by atoms with E-state index in [9.17, 15) is 5.11 Å². The van der Waals surface area contributed by atoms with Crippen LogP contribution in [-0.2, 0) is 0 Å². The van der Waals surface area contributed by atoms with Crippen molar-refractivity contribution in [1.29, 1.82) is 0 Å². The van der Waals surface area contributed by atoms with Crippen molar-refractivity contribution in [2.45, 2.75) is 13.3 Å². The SMILES string of the molecule is CC/C(=C(\c1ccc(O)cc1)c1ccc(OCCNC)cc1)c1ccc2oc(Cl)cc2c1.